The minimum absolute atomic E-state index is 0.0495. The Morgan fingerprint density at radius 2 is 2.11 bits per heavy atom. The van der Waals surface area contributed by atoms with E-state index in [0.717, 1.165) is 31.5 Å². The molecule has 0 spiro atoms. The summed E-state index contributed by atoms with van der Waals surface area (Å²) < 4.78 is 37.5. The maximum Gasteiger partial charge on any atom is 0.417 e. The minimum Gasteiger partial charge on any atom is -0.366 e. The molecule has 1 saturated carbocycles. The average Bonchev–Trinajstić information content (AvgIpc) is 2.66. The van der Waals surface area contributed by atoms with Gasteiger partial charge >= 0.3 is 6.18 Å². The molecule has 2 rings (SSSR count). The maximum atomic E-state index is 12.5. The molecule has 0 aliphatic heterocycles. The maximum absolute atomic E-state index is 12.5. The van der Waals surface area contributed by atoms with Crippen LogP contribution >= 0.6 is 0 Å². The molecule has 18 heavy (non-hydrogen) atoms. The number of aryl methyl sites for hydroxylation is 1. The second kappa shape index (κ2) is 4.76. The predicted octanol–water partition coefficient (Wildman–Crippen LogP) is 2.70. The fraction of sp³-hybridized carbons (Fsp3) is 0.583. The third-order valence-electron chi connectivity index (χ3n) is 3.30. The van der Waals surface area contributed by atoms with Crippen LogP contribution in [0.2, 0.25) is 0 Å². The van der Waals surface area contributed by atoms with Gasteiger partial charge in [0.05, 0.1) is 5.56 Å². The molecular formula is C12H16F3N3. The van der Waals surface area contributed by atoms with Crippen LogP contribution in [0, 0.1) is 6.92 Å². The molecule has 1 aromatic rings. The van der Waals surface area contributed by atoms with E-state index in [1.54, 1.807) is 6.92 Å². The van der Waals surface area contributed by atoms with Crippen LogP contribution in [0.25, 0.3) is 0 Å². The van der Waals surface area contributed by atoms with Crippen molar-refractivity contribution in [3.05, 3.63) is 23.4 Å². The van der Waals surface area contributed by atoms with Crippen molar-refractivity contribution in [3.63, 3.8) is 0 Å². The summed E-state index contributed by atoms with van der Waals surface area (Å²) in [6.45, 7) is 1.62. The number of halogens is 3. The standard InChI is InChI=1S/C12H16F3N3/c1-7-5-8(12(13,14)15)6-17-11(7)18-10-4-2-3-9(10)16/h5-6,9-10H,2-4,16H2,1H3,(H,17,18). The van der Waals surface area contributed by atoms with Crippen LogP contribution in [0.3, 0.4) is 0 Å². The highest BCUT2D eigenvalue weighted by Crippen LogP contribution is 2.31. The zero-order valence-electron chi connectivity index (χ0n) is 10.1. The lowest BCUT2D eigenvalue weighted by molar-refractivity contribution is -0.137. The summed E-state index contributed by atoms with van der Waals surface area (Å²) in [7, 11) is 0. The summed E-state index contributed by atoms with van der Waals surface area (Å²) in [5, 5.41) is 3.13. The molecule has 1 aromatic heterocycles. The van der Waals surface area contributed by atoms with Gasteiger partial charge in [0.25, 0.3) is 0 Å². The van der Waals surface area contributed by atoms with Gasteiger partial charge in [-0.05, 0) is 37.8 Å². The molecule has 1 fully saturated rings. The number of hydrogen-bond acceptors (Lipinski definition) is 3. The van der Waals surface area contributed by atoms with Gasteiger partial charge in [-0.3, -0.25) is 0 Å². The number of hydrogen-bond donors (Lipinski definition) is 2. The van der Waals surface area contributed by atoms with Gasteiger partial charge in [-0.2, -0.15) is 13.2 Å². The van der Waals surface area contributed by atoms with E-state index in [2.05, 4.69) is 10.3 Å². The molecule has 100 valence electrons. The molecule has 3 N–H and O–H groups in total. The largest absolute Gasteiger partial charge is 0.417 e. The van der Waals surface area contributed by atoms with Crippen LogP contribution in [0.5, 0.6) is 0 Å². The summed E-state index contributed by atoms with van der Waals surface area (Å²) in [5.74, 6) is 0.491. The van der Waals surface area contributed by atoms with Gasteiger partial charge in [0.1, 0.15) is 5.82 Å². The summed E-state index contributed by atoms with van der Waals surface area (Å²) >= 11 is 0. The molecule has 6 heteroatoms. The number of nitrogens with two attached hydrogens (primary N) is 1. The quantitative estimate of drug-likeness (QED) is 0.858. The minimum atomic E-state index is -4.35. The van der Waals surface area contributed by atoms with E-state index < -0.39 is 11.7 Å². The lowest BCUT2D eigenvalue weighted by atomic mass is 10.1. The number of nitrogens with one attached hydrogen (secondary N) is 1. The van der Waals surface area contributed by atoms with Crippen LogP contribution < -0.4 is 11.1 Å². The molecule has 0 radical (unpaired) electrons. The highest BCUT2D eigenvalue weighted by molar-refractivity contribution is 5.46. The summed E-state index contributed by atoms with van der Waals surface area (Å²) in [6, 6.07) is 1.26. The highest BCUT2D eigenvalue weighted by Gasteiger charge is 2.31. The normalized spacial score (nSPS) is 24.3. The van der Waals surface area contributed by atoms with Crippen LogP contribution in [-0.2, 0) is 6.18 Å². The van der Waals surface area contributed by atoms with Gasteiger partial charge in [-0.25, -0.2) is 4.98 Å². The Hall–Kier alpha value is -1.30. The van der Waals surface area contributed by atoms with Crippen molar-refractivity contribution in [1.29, 1.82) is 0 Å². The fourth-order valence-electron chi connectivity index (χ4n) is 2.22. The van der Waals surface area contributed by atoms with E-state index in [1.165, 1.54) is 0 Å². The van der Waals surface area contributed by atoms with Gasteiger partial charge in [-0.1, -0.05) is 0 Å². The van der Waals surface area contributed by atoms with Crippen molar-refractivity contribution >= 4 is 5.82 Å². The van der Waals surface area contributed by atoms with Crippen molar-refractivity contribution in [2.75, 3.05) is 5.32 Å². The monoisotopic (exact) mass is 259 g/mol. The molecule has 1 heterocycles. The molecule has 0 aromatic carbocycles. The third kappa shape index (κ3) is 2.75. The molecular weight excluding hydrogens is 243 g/mol. The van der Waals surface area contributed by atoms with Gasteiger partial charge in [0, 0.05) is 18.3 Å². The van der Waals surface area contributed by atoms with Crippen LogP contribution in [-0.4, -0.2) is 17.1 Å². The second-order valence-corrected chi connectivity index (χ2v) is 4.73. The molecule has 2 unspecified atom stereocenters. The molecule has 3 nitrogen and oxygen atoms in total. The van der Waals surface area contributed by atoms with Gasteiger partial charge in [0.15, 0.2) is 0 Å². The average molecular weight is 259 g/mol. The van der Waals surface area contributed by atoms with Crippen molar-refractivity contribution in [2.45, 2.75) is 44.4 Å². The smallest absolute Gasteiger partial charge is 0.366 e. The first-order valence-electron chi connectivity index (χ1n) is 5.94. The van der Waals surface area contributed by atoms with Crippen LogP contribution in [0.4, 0.5) is 19.0 Å². The van der Waals surface area contributed by atoms with E-state index in [-0.39, 0.29) is 12.1 Å². The first-order chi connectivity index (χ1) is 8.38. The zero-order chi connectivity index (χ0) is 13.3. The Kier molecular flexibility index (Phi) is 3.47. The van der Waals surface area contributed by atoms with E-state index >= 15 is 0 Å². The Balaban J connectivity index is 2.15. The summed E-state index contributed by atoms with van der Waals surface area (Å²) in [6.07, 6.45) is -0.574. The number of aromatic nitrogens is 1. The molecule has 0 amide bonds. The number of pyridine rings is 1. The molecule has 1 aliphatic carbocycles. The van der Waals surface area contributed by atoms with Crippen LogP contribution in [0.1, 0.15) is 30.4 Å². The number of rotatable bonds is 2. The van der Waals surface area contributed by atoms with Gasteiger partial charge in [0.2, 0.25) is 0 Å². The second-order valence-electron chi connectivity index (χ2n) is 4.73. The highest BCUT2D eigenvalue weighted by atomic mass is 19.4. The number of alkyl halides is 3. The molecule has 1 aliphatic rings. The van der Waals surface area contributed by atoms with Gasteiger partial charge < -0.3 is 11.1 Å². The Labute approximate surface area is 104 Å². The first kappa shape index (κ1) is 13.1. The van der Waals surface area contributed by atoms with Crippen molar-refractivity contribution in [2.24, 2.45) is 5.73 Å². The Morgan fingerprint density at radius 1 is 1.39 bits per heavy atom. The Morgan fingerprint density at radius 3 is 2.61 bits per heavy atom. The third-order valence-corrected chi connectivity index (χ3v) is 3.30. The Bertz CT molecular complexity index is 431. The topological polar surface area (TPSA) is 50.9 Å². The predicted molar refractivity (Wildman–Crippen MR) is 63.2 cm³/mol. The van der Waals surface area contributed by atoms with Crippen molar-refractivity contribution in [3.8, 4) is 0 Å². The van der Waals surface area contributed by atoms with Crippen LogP contribution in [0.15, 0.2) is 12.3 Å². The van der Waals surface area contributed by atoms with E-state index in [1.807, 2.05) is 0 Å². The molecule has 0 bridgehead atoms. The summed E-state index contributed by atoms with van der Waals surface area (Å²) in [4.78, 5) is 3.86. The lowest BCUT2D eigenvalue weighted by Crippen LogP contribution is -2.35. The zero-order valence-corrected chi connectivity index (χ0v) is 10.1. The molecule has 0 saturated heterocycles. The van der Waals surface area contributed by atoms with E-state index in [9.17, 15) is 13.2 Å². The first-order valence-corrected chi connectivity index (χ1v) is 5.94. The van der Waals surface area contributed by atoms with Crippen molar-refractivity contribution < 1.29 is 13.2 Å². The number of anilines is 1. The summed E-state index contributed by atoms with van der Waals surface area (Å²) in [5.41, 5.74) is 5.67. The number of nitrogens with zero attached hydrogens (tertiary/aromatic N) is 1. The lowest BCUT2D eigenvalue weighted by Gasteiger charge is -2.19. The molecule has 2 atom stereocenters. The van der Waals surface area contributed by atoms with E-state index in [0.29, 0.717) is 11.4 Å². The van der Waals surface area contributed by atoms with E-state index in [4.69, 9.17) is 5.73 Å². The van der Waals surface area contributed by atoms with Crippen molar-refractivity contribution in [1.82, 2.24) is 4.98 Å². The van der Waals surface area contributed by atoms with Gasteiger partial charge in [-0.15, -0.1) is 0 Å². The fourth-order valence-corrected chi connectivity index (χ4v) is 2.22. The SMILES string of the molecule is Cc1cc(C(F)(F)F)cnc1NC1CCCC1N.